The van der Waals surface area contributed by atoms with Crippen molar-refractivity contribution in [3.8, 4) is 5.88 Å². The van der Waals surface area contributed by atoms with E-state index in [1.165, 1.54) is 0 Å². The van der Waals surface area contributed by atoms with Crippen molar-refractivity contribution in [1.29, 1.82) is 0 Å². The number of rotatable bonds is 5. The van der Waals surface area contributed by atoms with E-state index in [0.29, 0.717) is 12.5 Å². The summed E-state index contributed by atoms with van der Waals surface area (Å²) in [5.41, 5.74) is 2.18. The highest BCUT2D eigenvalue weighted by Gasteiger charge is 2.25. The van der Waals surface area contributed by atoms with Crippen molar-refractivity contribution in [3.05, 3.63) is 29.8 Å². The molecule has 130 valence electrons. The summed E-state index contributed by atoms with van der Waals surface area (Å²) in [4.78, 5) is 11.0. The van der Waals surface area contributed by atoms with Gasteiger partial charge in [0.1, 0.15) is 0 Å². The van der Waals surface area contributed by atoms with Crippen LogP contribution in [0.5, 0.6) is 5.88 Å². The molecule has 3 rings (SSSR count). The lowest BCUT2D eigenvalue weighted by atomic mass is 10.2. The van der Waals surface area contributed by atoms with Crippen LogP contribution in [0.25, 0.3) is 0 Å². The second-order valence-electron chi connectivity index (χ2n) is 6.40. The van der Waals surface area contributed by atoms with Gasteiger partial charge in [0.05, 0.1) is 31.1 Å². The molecule has 24 heavy (non-hydrogen) atoms. The minimum Gasteiger partial charge on any atom is -0.472 e. The molecule has 0 bridgehead atoms. The Balaban J connectivity index is 1.73. The molecule has 0 aromatic carbocycles. The normalized spacial score (nSPS) is 18.2. The second kappa shape index (κ2) is 7.17. The first-order chi connectivity index (χ1) is 11.5. The lowest BCUT2D eigenvalue weighted by molar-refractivity contribution is 0.0265. The SMILES string of the molecule is Cc1cc(C)n(CC2CN(c3nccnc3OC(C)C)CCO2)n1. The molecule has 1 aliphatic heterocycles. The minimum atomic E-state index is 0.0608. The molecule has 1 saturated heterocycles. The van der Waals surface area contributed by atoms with Crippen molar-refractivity contribution in [2.75, 3.05) is 24.6 Å². The molecule has 1 aliphatic rings. The van der Waals surface area contributed by atoms with Crippen molar-refractivity contribution in [3.63, 3.8) is 0 Å². The van der Waals surface area contributed by atoms with Crippen LogP contribution in [0.4, 0.5) is 5.82 Å². The van der Waals surface area contributed by atoms with Crippen LogP contribution < -0.4 is 9.64 Å². The van der Waals surface area contributed by atoms with Gasteiger partial charge in [0, 0.05) is 31.2 Å². The highest BCUT2D eigenvalue weighted by atomic mass is 16.5. The third kappa shape index (κ3) is 3.84. The summed E-state index contributed by atoms with van der Waals surface area (Å²) in [5.74, 6) is 1.37. The van der Waals surface area contributed by atoms with Crippen molar-refractivity contribution in [2.45, 2.75) is 46.4 Å². The fourth-order valence-electron chi connectivity index (χ4n) is 2.92. The van der Waals surface area contributed by atoms with E-state index >= 15 is 0 Å². The molecule has 0 N–H and O–H groups in total. The number of hydrogen-bond donors (Lipinski definition) is 0. The highest BCUT2D eigenvalue weighted by Crippen LogP contribution is 2.25. The molecule has 1 fully saturated rings. The van der Waals surface area contributed by atoms with Crippen LogP contribution in [-0.2, 0) is 11.3 Å². The van der Waals surface area contributed by atoms with Gasteiger partial charge < -0.3 is 14.4 Å². The maximum absolute atomic E-state index is 5.93. The summed E-state index contributed by atoms with van der Waals surface area (Å²) in [6, 6.07) is 2.08. The van der Waals surface area contributed by atoms with Gasteiger partial charge in [-0.2, -0.15) is 5.10 Å². The van der Waals surface area contributed by atoms with E-state index in [-0.39, 0.29) is 12.2 Å². The largest absolute Gasteiger partial charge is 0.472 e. The predicted molar refractivity (Wildman–Crippen MR) is 91.5 cm³/mol. The lowest BCUT2D eigenvalue weighted by Gasteiger charge is -2.34. The number of morpholine rings is 1. The van der Waals surface area contributed by atoms with Crippen LogP contribution in [0.3, 0.4) is 0 Å². The molecule has 7 nitrogen and oxygen atoms in total. The molecular formula is C17H25N5O2. The predicted octanol–water partition coefficient (Wildman–Crippen LogP) is 1.98. The molecule has 7 heteroatoms. The first kappa shape index (κ1) is 16.7. The van der Waals surface area contributed by atoms with Gasteiger partial charge in [-0.1, -0.05) is 0 Å². The maximum Gasteiger partial charge on any atom is 0.257 e. The summed E-state index contributed by atoms with van der Waals surface area (Å²) < 4.78 is 13.7. The topological polar surface area (TPSA) is 65.3 Å². The first-order valence-electron chi connectivity index (χ1n) is 8.38. The van der Waals surface area contributed by atoms with Gasteiger partial charge in [0.15, 0.2) is 5.82 Å². The quantitative estimate of drug-likeness (QED) is 0.835. The van der Waals surface area contributed by atoms with Crippen LogP contribution in [-0.4, -0.2) is 51.7 Å². The molecule has 1 atom stereocenters. The number of hydrogen-bond acceptors (Lipinski definition) is 6. The maximum atomic E-state index is 5.93. The van der Waals surface area contributed by atoms with Crippen LogP contribution in [0.1, 0.15) is 25.2 Å². The zero-order valence-corrected chi connectivity index (χ0v) is 14.8. The van der Waals surface area contributed by atoms with Gasteiger partial charge in [0.25, 0.3) is 5.88 Å². The van der Waals surface area contributed by atoms with E-state index in [0.717, 1.165) is 36.8 Å². The van der Waals surface area contributed by atoms with Crippen molar-refractivity contribution < 1.29 is 9.47 Å². The first-order valence-corrected chi connectivity index (χ1v) is 8.38. The molecule has 2 aromatic rings. The highest BCUT2D eigenvalue weighted by molar-refractivity contribution is 5.48. The second-order valence-corrected chi connectivity index (χ2v) is 6.40. The van der Waals surface area contributed by atoms with E-state index < -0.39 is 0 Å². The zero-order chi connectivity index (χ0) is 17.1. The average Bonchev–Trinajstić information content (AvgIpc) is 2.85. The van der Waals surface area contributed by atoms with Gasteiger partial charge in [-0.3, -0.25) is 4.68 Å². The standard InChI is InChI=1S/C17H25N5O2/c1-12(2)24-17-16(18-5-6-19-17)21-7-8-23-15(10-21)11-22-14(4)9-13(3)20-22/h5-6,9,12,15H,7-8,10-11H2,1-4H3. The Morgan fingerprint density at radius 1 is 1.29 bits per heavy atom. The molecule has 3 heterocycles. The van der Waals surface area contributed by atoms with Crippen molar-refractivity contribution >= 4 is 5.82 Å². The van der Waals surface area contributed by atoms with Crippen LogP contribution in [0.15, 0.2) is 18.5 Å². The van der Waals surface area contributed by atoms with Crippen molar-refractivity contribution in [1.82, 2.24) is 19.7 Å². The Bertz CT molecular complexity index is 685. The molecule has 1 unspecified atom stereocenters. The number of ether oxygens (including phenoxy) is 2. The molecule has 0 amide bonds. The summed E-state index contributed by atoms with van der Waals surface area (Å²) >= 11 is 0. The van der Waals surface area contributed by atoms with E-state index in [9.17, 15) is 0 Å². The Kier molecular flexibility index (Phi) is 4.99. The summed E-state index contributed by atoms with van der Waals surface area (Å²) in [5, 5.41) is 4.52. The third-order valence-corrected chi connectivity index (χ3v) is 3.91. The number of aryl methyl sites for hydroxylation is 2. The van der Waals surface area contributed by atoms with Gasteiger partial charge in [-0.15, -0.1) is 0 Å². The molecule has 0 saturated carbocycles. The molecule has 2 aromatic heterocycles. The minimum absolute atomic E-state index is 0.0608. The summed E-state index contributed by atoms with van der Waals surface area (Å²) in [7, 11) is 0. The monoisotopic (exact) mass is 331 g/mol. The van der Waals surface area contributed by atoms with E-state index in [1.807, 2.05) is 25.5 Å². The van der Waals surface area contributed by atoms with Gasteiger partial charge in [-0.25, -0.2) is 9.97 Å². The Labute approximate surface area is 142 Å². The summed E-state index contributed by atoms with van der Waals surface area (Å²) in [6.07, 6.45) is 3.49. The van der Waals surface area contributed by atoms with Gasteiger partial charge in [0.2, 0.25) is 0 Å². The fourth-order valence-corrected chi connectivity index (χ4v) is 2.92. The molecule has 0 spiro atoms. The van der Waals surface area contributed by atoms with Crippen LogP contribution in [0.2, 0.25) is 0 Å². The Morgan fingerprint density at radius 3 is 2.79 bits per heavy atom. The third-order valence-electron chi connectivity index (χ3n) is 3.91. The average molecular weight is 331 g/mol. The van der Waals surface area contributed by atoms with Crippen molar-refractivity contribution in [2.24, 2.45) is 0 Å². The zero-order valence-electron chi connectivity index (χ0n) is 14.8. The molecule has 0 radical (unpaired) electrons. The van der Waals surface area contributed by atoms with Crippen LogP contribution >= 0.6 is 0 Å². The van der Waals surface area contributed by atoms with E-state index in [4.69, 9.17) is 9.47 Å². The summed E-state index contributed by atoms with van der Waals surface area (Å²) in [6.45, 7) is 11.0. The van der Waals surface area contributed by atoms with Gasteiger partial charge in [-0.05, 0) is 33.8 Å². The fraction of sp³-hybridized carbons (Fsp3) is 0.588. The molecular weight excluding hydrogens is 306 g/mol. The van der Waals surface area contributed by atoms with E-state index in [2.05, 4.69) is 33.0 Å². The Morgan fingerprint density at radius 2 is 2.08 bits per heavy atom. The number of aromatic nitrogens is 4. The number of nitrogens with zero attached hydrogens (tertiary/aromatic N) is 5. The van der Waals surface area contributed by atoms with Crippen LogP contribution in [0, 0.1) is 13.8 Å². The molecule has 0 aliphatic carbocycles. The number of anilines is 1. The van der Waals surface area contributed by atoms with Gasteiger partial charge >= 0.3 is 0 Å². The lowest BCUT2D eigenvalue weighted by Crippen LogP contribution is -2.45. The van der Waals surface area contributed by atoms with E-state index in [1.54, 1.807) is 12.4 Å². The smallest absolute Gasteiger partial charge is 0.257 e. The Hall–Kier alpha value is -2.15.